The van der Waals surface area contributed by atoms with Gasteiger partial charge >= 0.3 is 7.82 Å². The van der Waals surface area contributed by atoms with Crippen LogP contribution in [0, 0.1) is 0 Å². The summed E-state index contributed by atoms with van der Waals surface area (Å²) in [5, 5.41) is 0. The number of hydrogen-bond acceptors (Lipinski definition) is 4. The Bertz CT molecular complexity index is 310. The Morgan fingerprint density at radius 2 is 0.655 bits per heavy atom. The van der Waals surface area contributed by atoms with Gasteiger partial charge in [-0.15, -0.1) is 0 Å². The van der Waals surface area contributed by atoms with Crippen molar-refractivity contribution >= 4 is 7.82 Å². The monoisotopic (exact) mass is 434 g/mol. The molecule has 176 valence electrons. The lowest BCUT2D eigenvalue weighted by atomic mass is 10.1. The highest BCUT2D eigenvalue weighted by molar-refractivity contribution is 7.48. The molecule has 0 aliphatic carbocycles. The predicted octanol–water partition coefficient (Wildman–Crippen LogP) is 9.23. The summed E-state index contributed by atoms with van der Waals surface area (Å²) in [7, 11) is -3.40. The van der Waals surface area contributed by atoms with Crippen LogP contribution in [0.15, 0.2) is 0 Å². The zero-order chi connectivity index (χ0) is 21.5. The lowest BCUT2D eigenvalue weighted by Gasteiger charge is -2.18. The SMILES string of the molecule is CCCCCCCCOP(=O)(OCCCCCCCC)OCCCCCCCC. The Kier molecular flexibility index (Phi) is 22.9. The molecule has 0 N–H and O–H groups in total. The molecule has 0 radical (unpaired) electrons. The summed E-state index contributed by atoms with van der Waals surface area (Å²) in [4.78, 5) is 0. The number of phosphoric ester groups is 1. The van der Waals surface area contributed by atoms with Crippen molar-refractivity contribution in [2.75, 3.05) is 19.8 Å². The van der Waals surface area contributed by atoms with Crippen molar-refractivity contribution in [1.82, 2.24) is 0 Å². The second kappa shape index (κ2) is 22.8. The van der Waals surface area contributed by atoms with Crippen LogP contribution >= 0.6 is 7.82 Å². The first-order chi connectivity index (χ1) is 14.2. The minimum absolute atomic E-state index is 0.469. The second-order valence-electron chi connectivity index (χ2n) is 8.25. The minimum Gasteiger partial charge on any atom is -0.287 e. The zero-order valence-corrected chi connectivity index (χ0v) is 20.8. The van der Waals surface area contributed by atoms with Crippen molar-refractivity contribution in [2.45, 2.75) is 136 Å². The Balaban J connectivity index is 4.05. The van der Waals surface area contributed by atoms with Gasteiger partial charge in [0, 0.05) is 0 Å². The fourth-order valence-electron chi connectivity index (χ4n) is 3.29. The van der Waals surface area contributed by atoms with Gasteiger partial charge in [0.1, 0.15) is 0 Å². The summed E-state index contributed by atoms with van der Waals surface area (Å²) in [6.45, 7) is 8.08. The Morgan fingerprint density at radius 1 is 0.414 bits per heavy atom. The summed E-state index contributed by atoms with van der Waals surface area (Å²) < 4.78 is 29.9. The van der Waals surface area contributed by atoms with Crippen molar-refractivity contribution in [3.8, 4) is 0 Å². The maximum absolute atomic E-state index is 13.0. The topological polar surface area (TPSA) is 44.8 Å². The highest BCUT2D eigenvalue weighted by Crippen LogP contribution is 2.50. The third-order valence-electron chi connectivity index (χ3n) is 5.24. The second-order valence-corrected chi connectivity index (χ2v) is 9.92. The summed E-state index contributed by atoms with van der Waals surface area (Å²) in [6.07, 6.45) is 21.3. The van der Waals surface area contributed by atoms with Crippen LogP contribution in [0.2, 0.25) is 0 Å². The van der Waals surface area contributed by atoms with E-state index < -0.39 is 7.82 Å². The smallest absolute Gasteiger partial charge is 0.287 e. The molecule has 0 atom stereocenters. The fourth-order valence-corrected chi connectivity index (χ4v) is 4.57. The van der Waals surface area contributed by atoms with Gasteiger partial charge in [-0.2, -0.15) is 0 Å². The van der Waals surface area contributed by atoms with Crippen LogP contribution < -0.4 is 0 Å². The highest BCUT2D eigenvalue weighted by Gasteiger charge is 2.26. The van der Waals surface area contributed by atoms with Gasteiger partial charge in [-0.3, -0.25) is 13.6 Å². The van der Waals surface area contributed by atoms with E-state index in [1.165, 1.54) is 77.0 Å². The van der Waals surface area contributed by atoms with Crippen molar-refractivity contribution in [1.29, 1.82) is 0 Å². The molecule has 0 amide bonds. The third kappa shape index (κ3) is 21.1. The normalized spacial score (nSPS) is 12.0. The van der Waals surface area contributed by atoms with E-state index in [1.807, 2.05) is 0 Å². The van der Waals surface area contributed by atoms with Crippen LogP contribution in [0.3, 0.4) is 0 Å². The standard InChI is InChI=1S/C24H51O4P/c1-4-7-10-13-16-19-22-26-29(25,27-23-20-17-14-11-8-5-2)28-24-21-18-15-12-9-6-3/h4-24H2,1-3H3. The van der Waals surface area contributed by atoms with Crippen LogP contribution in [0.25, 0.3) is 0 Å². The van der Waals surface area contributed by atoms with Gasteiger partial charge in [0.15, 0.2) is 0 Å². The number of rotatable bonds is 24. The van der Waals surface area contributed by atoms with E-state index in [0.717, 1.165) is 38.5 Å². The maximum atomic E-state index is 13.0. The minimum atomic E-state index is -3.40. The van der Waals surface area contributed by atoms with Crippen LogP contribution in [0.4, 0.5) is 0 Å². The first-order valence-electron chi connectivity index (χ1n) is 12.7. The fraction of sp³-hybridized carbons (Fsp3) is 1.00. The van der Waals surface area contributed by atoms with E-state index in [-0.39, 0.29) is 0 Å². The van der Waals surface area contributed by atoms with Gasteiger partial charge in [-0.25, -0.2) is 4.57 Å². The molecular formula is C24H51O4P. The number of phosphoric acid groups is 1. The number of hydrogen-bond donors (Lipinski definition) is 0. The molecule has 0 heterocycles. The van der Waals surface area contributed by atoms with E-state index in [4.69, 9.17) is 13.6 Å². The maximum Gasteiger partial charge on any atom is 0.474 e. The molecular weight excluding hydrogens is 383 g/mol. The Hall–Kier alpha value is 0.110. The Morgan fingerprint density at radius 3 is 0.931 bits per heavy atom. The molecule has 0 aromatic rings. The van der Waals surface area contributed by atoms with E-state index >= 15 is 0 Å². The quantitative estimate of drug-likeness (QED) is 0.112. The largest absolute Gasteiger partial charge is 0.474 e. The highest BCUT2D eigenvalue weighted by atomic mass is 31.2. The zero-order valence-electron chi connectivity index (χ0n) is 19.9. The molecule has 0 rings (SSSR count). The molecule has 0 fully saturated rings. The lowest BCUT2D eigenvalue weighted by molar-refractivity contribution is 0.108. The molecule has 29 heavy (non-hydrogen) atoms. The first-order valence-corrected chi connectivity index (χ1v) is 14.2. The molecule has 0 bridgehead atoms. The lowest BCUT2D eigenvalue weighted by Crippen LogP contribution is -2.04. The first kappa shape index (κ1) is 29.1. The van der Waals surface area contributed by atoms with E-state index in [2.05, 4.69) is 20.8 Å². The summed E-state index contributed by atoms with van der Waals surface area (Å²) in [5.74, 6) is 0. The van der Waals surface area contributed by atoms with E-state index in [0.29, 0.717) is 19.8 Å². The van der Waals surface area contributed by atoms with Crippen molar-refractivity contribution < 1.29 is 18.1 Å². The van der Waals surface area contributed by atoms with Gasteiger partial charge in [-0.1, -0.05) is 117 Å². The third-order valence-corrected chi connectivity index (χ3v) is 6.74. The van der Waals surface area contributed by atoms with E-state index in [9.17, 15) is 4.57 Å². The molecule has 0 aromatic heterocycles. The molecule has 4 nitrogen and oxygen atoms in total. The van der Waals surface area contributed by atoms with Gasteiger partial charge in [-0.05, 0) is 19.3 Å². The van der Waals surface area contributed by atoms with Crippen LogP contribution in [0.5, 0.6) is 0 Å². The van der Waals surface area contributed by atoms with E-state index in [1.54, 1.807) is 0 Å². The molecule has 5 heteroatoms. The van der Waals surface area contributed by atoms with Gasteiger partial charge in [0.25, 0.3) is 0 Å². The average Bonchev–Trinajstić information content (AvgIpc) is 2.72. The van der Waals surface area contributed by atoms with Gasteiger partial charge in [0.2, 0.25) is 0 Å². The molecule has 0 saturated heterocycles. The predicted molar refractivity (Wildman–Crippen MR) is 126 cm³/mol. The van der Waals surface area contributed by atoms with Crippen LogP contribution in [-0.2, 0) is 18.1 Å². The molecule has 0 aliphatic rings. The van der Waals surface area contributed by atoms with Crippen molar-refractivity contribution in [2.24, 2.45) is 0 Å². The number of unbranched alkanes of at least 4 members (excludes halogenated alkanes) is 15. The van der Waals surface area contributed by atoms with Crippen LogP contribution in [0.1, 0.15) is 136 Å². The molecule has 0 spiro atoms. The van der Waals surface area contributed by atoms with Gasteiger partial charge in [0.05, 0.1) is 19.8 Å². The molecule has 0 saturated carbocycles. The van der Waals surface area contributed by atoms with Gasteiger partial charge < -0.3 is 0 Å². The van der Waals surface area contributed by atoms with Crippen molar-refractivity contribution in [3.05, 3.63) is 0 Å². The molecule has 0 aromatic carbocycles. The summed E-state index contributed by atoms with van der Waals surface area (Å²) in [5.41, 5.74) is 0. The Labute approximate surface area is 182 Å². The summed E-state index contributed by atoms with van der Waals surface area (Å²) >= 11 is 0. The summed E-state index contributed by atoms with van der Waals surface area (Å²) in [6, 6.07) is 0. The molecule has 0 aliphatic heterocycles. The average molecular weight is 435 g/mol. The van der Waals surface area contributed by atoms with Crippen molar-refractivity contribution in [3.63, 3.8) is 0 Å². The molecule has 0 unspecified atom stereocenters. The van der Waals surface area contributed by atoms with Crippen LogP contribution in [-0.4, -0.2) is 19.8 Å².